The second-order valence-corrected chi connectivity index (χ2v) is 9.02. The van der Waals surface area contributed by atoms with Crippen LogP contribution in [0.4, 0.5) is 18.9 Å². The molecule has 11 heteroatoms. The van der Waals surface area contributed by atoms with Crippen molar-refractivity contribution >= 4 is 43.6 Å². The fourth-order valence-electron chi connectivity index (χ4n) is 2.22. The predicted octanol–water partition coefficient (Wildman–Crippen LogP) is 3.75. The molecule has 1 unspecified atom stereocenters. The summed E-state index contributed by atoms with van der Waals surface area (Å²) in [7, 11) is -4.43. The topological polar surface area (TPSA) is 80.8 Å². The summed E-state index contributed by atoms with van der Waals surface area (Å²) >= 11 is 2.90. The fourth-order valence-corrected chi connectivity index (χ4v) is 3.73. The van der Waals surface area contributed by atoms with E-state index in [0.29, 0.717) is 10.4 Å². The molecule has 0 fully saturated rings. The third-order valence-electron chi connectivity index (χ3n) is 3.60. The van der Waals surface area contributed by atoms with Gasteiger partial charge in [0.1, 0.15) is 11.4 Å². The van der Waals surface area contributed by atoms with E-state index in [-0.39, 0.29) is 4.90 Å². The van der Waals surface area contributed by atoms with Gasteiger partial charge in [-0.15, -0.1) is 0 Å². The Morgan fingerprint density at radius 3 is 2.28 bits per heavy atom. The van der Waals surface area contributed by atoms with Gasteiger partial charge in [-0.05, 0) is 37.3 Å². The molecule has 2 rings (SSSR count). The van der Waals surface area contributed by atoms with E-state index in [2.05, 4.69) is 20.7 Å². The van der Waals surface area contributed by atoms with Crippen LogP contribution >= 0.6 is 15.9 Å². The van der Waals surface area contributed by atoms with Crippen LogP contribution in [0, 0.1) is 0 Å². The molecule has 0 saturated heterocycles. The Morgan fingerprint density at radius 2 is 1.72 bits per heavy atom. The van der Waals surface area contributed by atoms with Gasteiger partial charge in [0.2, 0.25) is 0 Å². The maximum atomic E-state index is 13.1. The predicted molar refractivity (Wildman–Crippen MR) is 102 cm³/mol. The minimum absolute atomic E-state index is 0.245. The van der Waals surface area contributed by atoms with Crippen molar-refractivity contribution in [1.29, 1.82) is 0 Å². The summed E-state index contributed by atoms with van der Waals surface area (Å²) < 4.78 is 70.2. The third kappa shape index (κ3) is 5.80. The monoisotopic (exact) mass is 493 g/mol. The normalized spacial score (nSPS) is 12.9. The van der Waals surface area contributed by atoms with Crippen molar-refractivity contribution in [2.75, 3.05) is 10.8 Å². The van der Waals surface area contributed by atoms with Crippen molar-refractivity contribution < 1.29 is 35.9 Å². The Kier molecular flexibility index (Phi) is 7.06. The number of rotatable bonds is 6. The highest BCUT2D eigenvalue weighted by molar-refractivity contribution is 9.10. The summed E-state index contributed by atoms with van der Waals surface area (Å²) in [6.45, 7) is 0.394. The zero-order valence-corrected chi connectivity index (χ0v) is 17.3. The first kappa shape index (κ1) is 22.9. The van der Waals surface area contributed by atoms with Gasteiger partial charge in [0.05, 0.1) is 16.1 Å². The number of anilines is 1. The zero-order valence-electron chi connectivity index (χ0n) is 14.9. The van der Waals surface area contributed by atoms with Crippen LogP contribution in [0.25, 0.3) is 0 Å². The summed E-state index contributed by atoms with van der Waals surface area (Å²) in [6, 6.07) is 10.4. The number of esters is 2. The van der Waals surface area contributed by atoms with E-state index in [1.54, 1.807) is 6.07 Å². The molecule has 6 nitrogen and oxygen atoms in total. The first-order valence-electron chi connectivity index (χ1n) is 8.06. The number of carbonyl (C=O) groups is 2. The molecule has 156 valence electrons. The van der Waals surface area contributed by atoms with E-state index < -0.39 is 50.8 Å². The Morgan fingerprint density at radius 1 is 1.10 bits per heavy atom. The summed E-state index contributed by atoms with van der Waals surface area (Å²) in [5.74, 6) is -2.20. The number of benzene rings is 2. The minimum atomic E-state index is -4.72. The molecule has 0 bridgehead atoms. The number of carbonyl (C=O) groups excluding carboxylic acids is 2. The van der Waals surface area contributed by atoms with Crippen molar-refractivity contribution in [1.82, 2.24) is 0 Å². The minimum Gasteiger partial charge on any atom is -0.391 e. The maximum Gasteiger partial charge on any atom is 0.416 e. The van der Waals surface area contributed by atoms with Crippen molar-refractivity contribution in [3.8, 4) is 0 Å². The van der Waals surface area contributed by atoms with Crippen LogP contribution in [0.5, 0.6) is 0 Å². The SMILES string of the molecule is CC(Br)C(=O)OC(=O)CN(c1cccc(C(F)(F)F)c1)S(=O)(=O)c1ccccc1. The van der Waals surface area contributed by atoms with Crippen LogP contribution in [0.3, 0.4) is 0 Å². The molecule has 29 heavy (non-hydrogen) atoms. The van der Waals surface area contributed by atoms with Crippen LogP contribution in [-0.4, -0.2) is 31.7 Å². The summed E-state index contributed by atoms with van der Waals surface area (Å²) in [6.07, 6.45) is -4.72. The van der Waals surface area contributed by atoms with Crippen LogP contribution in [-0.2, 0) is 30.5 Å². The van der Waals surface area contributed by atoms with E-state index >= 15 is 0 Å². The molecular weight excluding hydrogens is 479 g/mol. The van der Waals surface area contributed by atoms with E-state index in [4.69, 9.17) is 0 Å². The molecule has 0 aliphatic rings. The lowest BCUT2D eigenvalue weighted by Crippen LogP contribution is -2.38. The quantitative estimate of drug-likeness (QED) is 0.347. The number of sulfonamides is 1. The molecule has 0 saturated carbocycles. The second kappa shape index (κ2) is 8.95. The van der Waals surface area contributed by atoms with E-state index in [0.717, 1.165) is 18.2 Å². The standard InChI is InChI=1S/C18H15BrF3NO5S/c1-12(19)17(25)28-16(24)11-23(29(26,27)15-8-3-2-4-9-15)14-7-5-6-13(10-14)18(20,21)22/h2-10,12H,11H2,1H3. The number of nitrogens with zero attached hydrogens (tertiary/aromatic N) is 1. The van der Waals surface area contributed by atoms with E-state index in [1.165, 1.54) is 31.2 Å². The van der Waals surface area contributed by atoms with Gasteiger partial charge in [0.25, 0.3) is 10.0 Å². The molecule has 0 N–H and O–H groups in total. The van der Waals surface area contributed by atoms with Crippen LogP contribution in [0.1, 0.15) is 12.5 Å². The highest BCUT2D eigenvalue weighted by atomic mass is 79.9. The van der Waals surface area contributed by atoms with E-state index in [9.17, 15) is 31.2 Å². The largest absolute Gasteiger partial charge is 0.416 e. The smallest absolute Gasteiger partial charge is 0.391 e. The van der Waals surface area contributed by atoms with Gasteiger partial charge in [-0.3, -0.25) is 9.10 Å². The van der Waals surface area contributed by atoms with Crippen LogP contribution in [0.15, 0.2) is 59.5 Å². The molecule has 0 aliphatic carbocycles. The molecule has 0 spiro atoms. The average molecular weight is 494 g/mol. The second-order valence-electron chi connectivity index (χ2n) is 5.78. The van der Waals surface area contributed by atoms with Gasteiger partial charge in [-0.25, -0.2) is 13.2 Å². The summed E-state index contributed by atoms with van der Waals surface area (Å²) in [4.78, 5) is 22.6. The number of ether oxygens (including phenoxy) is 1. The zero-order chi connectivity index (χ0) is 21.8. The fraction of sp³-hybridized carbons (Fsp3) is 0.222. The molecule has 0 aliphatic heterocycles. The lowest BCUT2D eigenvalue weighted by atomic mass is 10.2. The molecule has 0 radical (unpaired) electrons. The lowest BCUT2D eigenvalue weighted by molar-refractivity contribution is -0.157. The number of halogens is 4. The van der Waals surface area contributed by atoms with Gasteiger partial charge < -0.3 is 4.74 Å². The van der Waals surface area contributed by atoms with Gasteiger partial charge in [-0.1, -0.05) is 40.2 Å². The van der Waals surface area contributed by atoms with Crippen molar-refractivity contribution in [3.05, 3.63) is 60.2 Å². The third-order valence-corrected chi connectivity index (χ3v) is 5.77. The molecule has 0 amide bonds. The van der Waals surface area contributed by atoms with Crippen molar-refractivity contribution in [2.24, 2.45) is 0 Å². The number of hydrogen-bond acceptors (Lipinski definition) is 5. The van der Waals surface area contributed by atoms with Crippen molar-refractivity contribution in [2.45, 2.75) is 22.8 Å². The molecule has 0 heterocycles. The first-order chi connectivity index (χ1) is 13.4. The molecule has 0 aromatic heterocycles. The summed E-state index contributed by atoms with van der Waals surface area (Å²) in [5, 5.41) is 0. The lowest BCUT2D eigenvalue weighted by Gasteiger charge is -2.24. The Hall–Kier alpha value is -2.40. The van der Waals surface area contributed by atoms with Gasteiger partial charge in [0, 0.05) is 0 Å². The molecular formula is C18H15BrF3NO5S. The highest BCUT2D eigenvalue weighted by Gasteiger charge is 2.33. The molecule has 2 aromatic carbocycles. The Bertz CT molecular complexity index is 994. The van der Waals surface area contributed by atoms with Gasteiger partial charge in [0.15, 0.2) is 0 Å². The van der Waals surface area contributed by atoms with Gasteiger partial charge >= 0.3 is 18.1 Å². The average Bonchev–Trinajstić information content (AvgIpc) is 2.66. The Balaban J connectivity index is 2.49. The summed E-state index contributed by atoms with van der Waals surface area (Å²) in [5.41, 5.74) is -1.50. The van der Waals surface area contributed by atoms with Crippen LogP contribution in [0.2, 0.25) is 0 Å². The van der Waals surface area contributed by atoms with E-state index in [1.807, 2.05) is 0 Å². The Labute approximate surface area is 173 Å². The number of hydrogen-bond donors (Lipinski definition) is 0. The highest BCUT2D eigenvalue weighted by Crippen LogP contribution is 2.33. The number of alkyl halides is 4. The van der Waals surface area contributed by atoms with Crippen molar-refractivity contribution in [3.63, 3.8) is 0 Å². The molecule has 1 atom stereocenters. The van der Waals surface area contributed by atoms with Crippen LogP contribution < -0.4 is 4.31 Å². The molecule has 2 aromatic rings. The van der Waals surface area contributed by atoms with Gasteiger partial charge in [-0.2, -0.15) is 13.2 Å². The first-order valence-corrected chi connectivity index (χ1v) is 10.4. The maximum absolute atomic E-state index is 13.1.